The molecule has 1 aliphatic heterocycles. The molecule has 1 saturated heterocycles. The lowest BCUT2D eigenvalue weighted by Crippen LogP contribution is -2.31. The van der Waals surface area contributed by atoms with Crippen LogP contribution in [0.4, 0.5) is 0 Å². The van der Waals surface area contributed by atoms with Crippen LogP contribution in [0.2, 0.25) is 0 Å². The third-order valence-corrected chi connectivity index (χ3v) is 2.75. The molecule has 0 radical (unpaired) electrons. The highest BCUT2D eigenvalue weighted by molar-refractivity contribution is 4.74. The Morgan fingerprint density at radius 2 is 2.13 bits per heavy atom. The van der Waals surface area contributed by atoms with Crippen molar-refractivity contribution in [2.45, 2.75) is 45.8 Å². The van der Waals surface area contributed by atoms with Gasteiger partial charge in [0.2, 0.25) is 0 Å². The standard InChI is InChI=1S/C12H25NO2/c1-10-11(5-7-14-10)9-13-6-8-15-12(2,3)4/h10-11,13H,5-9H2,1-4H3. The summed E-state index contributed by atoms with van der Waals surface area (Å²) in [5.41, 5.74) is -0.0224. The quantitative estimate of drug-likeness (QED) is 0.710. The number of rotatable bonds is 5. The average molecular weight is 215 g/mol. The molecule has 1 aliphatic rings. The van der Waals surface area contributed by atoms with Gasteiger partial charge in [-0.25, -0.2) is 0 Å². The minimum absolute atomic E-state index is 0.0224. The van der Waals surface area contributed by atoms with Crippen molar-refractivity contribution in [2.75, 3.05) is 26.3 Å². The highest BCUT2D eigenvalue weighted by Crippen LogP contribution is 2.19. The van der Waals surface area contributed by atoms with E-state index in [0.29, 0.717) is 12.0 Å². The molecule has 2 atom stereocenters. The van der Waals surface area contributed by atoms with Crippen LogP contribution in [-0.2, 0) is 9.47 Å². The van der Waals surface area contributed by atoms with Gasteiger partial charge in [-0.15, -0.1) is 0 Å². The van der Waals surface area contributed by atoms with Crippen LogP contribution < -0.4 is 5.32 Å². The van der Waals surface area contributed by atoms with E-state index < -0.39 is 0 Å². The van der Waals surface area contributed by atoms with Crippen molar-refractivity contribution in [2.24, 2.45) is 5.92 Å². The maximum absolute atomic E-state index is 5.63. The molecule has 1 N–H and O–H groups in total. The van der Waals surface area contributed by atoms with Gasteiger partial charge in [0.1, 0.15) is 0 Å². The molecular weight excluding hydrogens is 190 g/mol. The first-order valence-corrected chi connectivity index (χ1v) is 5.95. The third kappa shape index (κ3) is 5.50. The second kappa shape index (κ2) is 5.83. The summed E-state index contributed by atoms with van der Waals surface area (Å²) in [5.74, 6) is 0.680. The summed E-state index contributed by atoms with van der Waals surface area (Å²) in [5, 5.41) is 3.43. The third-order valence-electron chi connectivity index (χ3n) is 2.75. The number of hydrogen-bond donors (Lipinski definition) is 1. The van der Waals surface area contributed by atoms with Crippen molar-refractivity contribution in [1.82, 2.24) is 5.32 Å². The molecule has 1 rings (SSSR count). The van der Waals surface area contributed by atoms with Crippen molar-refractivity contribution in [3.05, 3.63) is 0 Å². The summed E-state index contributed by atoms with van der Waals surface area (Å²) in [7, 11) is 0. The largest absolute Gasteiger partial charge is 0.378 e. The molecule has 0 bridgehead atoms. The Morgan fingerprint density at radius 3 is 2.67 bits per heavy atom. The van der Waals surface area contributed by atoms with Gasteiger partial charge in [-0.1, -0.05) is 0 Å². The van der Waals surface area contributed by atoms with Crippen molar-refractivity contribution >= 4 is 0 Å². The maximum atomic E-state index is 5.63. The molecule has 3 heteroatoms. The smallest absolute Gasteiger partial charge is 0.0599 e. The van der Waals surface area contributed by atoms with Gasteiger partial charge in [0, 0.05) is 19.7 Å². The first kappa shape index (κ1) is 12.9. The molecule has 0 aromatic heterocycles. The van der Waals surface area contributed by atoms with Gasteiger partial charge in [0.05, 0.1) is 18.3 Å². The summed E-state index contributed by atoms with van der Waals surface area (Å²) < 4.78 is 11.1. The van der Waals surface area contributed by atoms with Crippen LogP contribution in [0.3, 0.4) is 0 Å². The minimum atomic E-state index is -0.0224. The van der Waals surface area contributed by atoms with Crippen LogP contribution in [0, 0.1) is 5.92 Å². The number of nitrogens with one attached hydrogen (secondary N) is 1. The van der Waals surface area contributed by atoms with Gasteiger partial charge in [-0.05, 0) is 40.0 Å². The van der Waals surface area contributed by atoms with Crippen LogP contribution >= 0.6 is 0 Å². The Labute approximate surface area is 93.5 Å². The monoisotopic (exact) mass is 215 g/mol. The van der Waals surface area contributed by atoms with E-state index in [-0.39, 0.29) is 5.60 Å². The average Bonchev–Trinajstić information content (AvgIpc) is 2.49. The lowest BCUT2D eigenvalue weighted by Gasteiger charge is -2.20. The van der Waals surface area contributed by atoms with Gasteiger partial charge in [0.15, 0.2) is 0 Å². The van der Waals surface area contributed by atoms with E-state index in [9.17, 15) is 0 Å². The van der Waals surface area contributed by atoms with Gasteiger partial charge in [-0.3, -0.25) is 0 Å². The Bertz CT molecular complexity index is 177. The second-order valence-electron chi connectivity index (χ2n) is 5.29. The van der Waals surface area contributed by atoms with Gasteiger partial charge >= 0.3 is 0 Å². The van der Waals surface area contributed by atoms with Crippen LogP contribution in [0.1, 0.15) is 34.1 Å². The van der Waals surface area contributed by atoms with Crippen LogP contribution in [0.5, 0.6) is 0 Å². The first-order chi connectivity index (χ1) is 6.99. The molecule has 0 spiro atoms. The van der Waals surface area contributed by atoms with Gasteiger partial charge < -0.3 is 14.8 Å². The van der Waals surface area contributed by atoms with E-state index in [2.05, 4.69) is 33.0 Å². The maximum Gasteiger partial charge on any atom is 0.0599 e. The number of ether oxygens (including phenoxy) is 2. The SMILES string of the molecule is CC1OCCC1CNCCOC(C)(C)C. The molecule has 15 heavy (non-hydrogen) atoms. The highest BCUT2D eigenvalue weighted by atomic mass is 16.5. The summed E-state index contributed by atoms with van der Waals surface area (Å²) in [4.78, 5) is 0. The molecule has 0 aromatic rings. The highest BCUT2D eigenvalue weighted by Gasteiger charge is 2.23. The Kier molecular flexibility index (Phi) is 5.03. The predicted molar refractivity (Wildman–Crippen MR) is 62.1 cm³/mol. The second-order valence-corrected chi connectivity index (χ2v) is 5.29. The molecule has 0 amide bonds. The molecule has 0 aromatic carbocycles. The summed E-state index contributed by atoms with van der Waals surface area (Å²) >= 11 is 0. The van der Waals surface area contributed by atoms with Crippen LogP contribution in [-0.4, -0.2) is 38.0 Å². The van der Waals surface area contributed by atoms with Crippen molar-refractivity contribution in [3.8, 4) is 0 Å². The zero-order valence-corrected chi connectivity index (χ0v) is 10.5. The summed E-state index contributed by atoms with van der Waals surface area (Å²) in [6, 6.07) is 0. The zero-order chi connectivity index (χ0) is 11.3. The predicted octanol–water partition coefficient (Wildman–Crippen LogP) is 1.82. The van der Waals surface area contributed by atoms with Gasteiger partial charge in [0.25, 0.3) is 0 Å². The Morgan fingerprint density at radius 1 is 1.40 bits per heavy atom. The fourth-order valence-electron chi connectivity index (χ4n) is 1.76. The van der Waals surface area contributed by atoms with E-state index in [0.717, 1.165) is 26.3 Å². The molecular formula is C12H25NO2. The molecule has 2 unspecified atom stereocenters. The molecule has 1 heterocycles. The summed E-state index contributed by atoms with van der Waals surface area (Å²) in [6.07, 6.45) is 1.61. The van der Waals surface area contributed by atoms with Crippen LogP contribution in [0.15, 0.2) is 0 Å². The minimum Gasteiger partial charge on any atom is -0.378 e. The van der Waals surface area contributed by atoms with E-state index in [4.69, 9.17) is 9.47 Å². The lowest BCUT2D eigenvalue weighted by atomic mass is 10.0. The van der Waals surface area contributed by atoms with Crippen LogP contribution in [0.25, 0.3) is 0 Å². The lowest BCUT2D eigenvalue weighted by molar-refractivity contribution is -0.00129. The van der Waals surface area contributed by atoms with E-state index in [1.807, 2.05) is 0 Å². The normalized spacial score (nSPS) is 27.2. The Balaban J connectivity index is 1.97. The summed E-state index contributed by atoms with van der Waals surface area (Å²) in [6.45, 7) is 12.1. The van der Waals surface area contributed by atoms with Crippen molar-refractivity contribution in [1.29, 1.82) is 0 Å². The first-order valence-electron chi connectivity index (χ1n) is 5.95. The molecule has 0 aliphatic carbocycles. The molecule has 90 valence electrons. The fourth-order valence-corrected chi connectivity index (χ4v) is 1.76. The molecule has 0 saturated carbocycles. The fraction of sp³-hybridized carbons (Fsp3) is 1.00. The molecule has 3 nitrogen and oxygen atoms in total. The van der Waals surface area contributed by atoms with E-state index >= 15 is 0 Å². The van der Waals surface area contributed by atoms with Crippen molar-refractivity contribution in [3.63, 3.8) is 0 Å². The van der Waals surface area contributed by atoms with E-state index in [1.54, 1.807) is 0 Å². The molecule has 1 fully saturated rings. The number of hydrogen-bond acceptors (Lipinski definition) is 3. The van der Waals surface area contributed by atoms with Gasteiger partial charge in [-0.2, -0.15) is 0 Å². The topological polar surface area (TPSA) is 30.5 Å². The van der Waals surface area contributed by atoms with E-state index in [1.165, 1.54) is 6.42 Å². The Hall–Kier alpha value is -0.120. The van der Waals surface area contributed by atoms with Crippen molar-refractivity contribution < 1.29 is 9.47 Å². The zero-order valence-electron chi connectivity index (χ0n) is 10.5.